The Morgan fingerprint density at radius 2 is 1.89 bits per heavy atom. The van der Waals surface area contributed by atoms with Gasteiger partial charge in [0.05, 0.1) is 24.9 Å². The normalized spacial score (nSPS) is 55.6. The van der Waals surface area contributed by atoms with Gasteiger partial charge in [-0.05, 0) is 73.5 Å². The van der Waals surface area contributed by atoms with Crippen molar-refractivity contribution in [3.05, 3.63) is 11.6 Å². The van der Waals surface area contributed by atoms with Crippen LogP contribution in [-0.2, 0) is 24.1 Å². The van der Waals surface area contributed by atoms with Crippen LogP contribution in [-0.4, -0.2) is 48.8 Å². The van der Waals surface area contributed by atoms with Crippen molar-refractivity contribution in [2.24, 2.45) is 46.3 Å². The Labute approximate surface area is 209 Å². The fraction of sp³-hybridized carbons (Fsp3) is 0.926. The first kappa shape index (κ1) is 24.8. The molecule has 1 spiro atoms. The summed E-state index contributed by atoms with van der Waals surface area (Å²) < 4.78 is 51.6. The van der Waals surface area contributed by atoms with Crippen LogP contribution in [0, 0.1) is 46.3 Å². The Bertz CT molecular complexity index is 1000. The molecule has 0 bridgehead atoms. The summed E-state index contributed by atoms with van der Waals surface area (Å²) in [6.07, 6.45) is 8.02. The van der Waals surface area contributed by atoms with Crippen molar-refractivity contribution in [2.45, 2.75) is 103 Å². The van der Waals surface area contributed by atoms with Crippen molar-refractivity contribution in [2.75, 3.05) is 6.61 Å². The summed E-state index contributed by atoms with van der Waals surface area (Å²) in [7, 11) is -4.62. The van der Waals surface area contributed by atoms with Crippen molar-refractivity contribution < 1.29 is 31.7 Å². The number of ether oxygens (including phenoxy) is 2. The van der Waals surface area contributed by atoms with Crippen molar-refractivity contribution in [1.29, 1.82) is 0 Å². The van der Waals surface area contributed by atoms with Gasteiger partial charge in [0.25, 0.3) is 0 Å². The maximum Gasteiger partial charge on any atom is 0.397 e. The highest BCUT2D eigenvalue weighted by molar-refractivity contribution is 7.80. The first-order chi connectivity index (χ1) is 16.4. The van der Waals surface area contributed by atoms with E-state index in [0.717, 1.165) is 50.7 Å². The minimum atomic E-state index is -4.62. The molecule has 0 aromatic heterocycles. The van der Waals surface area contributed by atoms with Gasteiger partial charge in [-0.15, -0.1) is 0 Å². The van der Waals surface area contributed by atoms with Gasteiger partial charge in [0, 0.05) is 24.2 Å². The summed E-state index contributed by atoms with van der Waals surface area (Å²) in [5, 5.41) is 10.5. The van der Waals surface area contributed by atoms with Crippen molar-refractivity contribution >= 4 is 10.4 Å². The van der Waals surface area contributed by atoms with Crippen LogP contribution in [0.4, 0.5) is 0 Å². The second-order valence-corrected chi connectivity index (χ2v) is 14.3. The molecule has 2 saturated heterocycles. The summed E-state index contributed by atoms with van der Waals surface area (Å²) in [5.41, 5.74) is 0.755. The summed E-state index contributed by atoms with van der Waals surface area (Å²) in [6, 6.07) is 0. The maximum atomic E-state index is 11.8. The molecular formula is C27H42O7S. The Kier molecular flexibility index (Phi) is 5.67. The van der Waals surface area contributed by atoms with Crippen molar-refractivity contribution in [1.82, 2.24) is 0 Å². The molecule has 8 heteroatoms. The van der Waals surface area contributed by atoms with E-state index in [1.54, 1.807) is 0 Å². The fourth-order valence-electron chi connectivity index (χ4n) is 9.98. The molecule has 4 aliphatic carbocycles. The van der Waals surface area contributed by atoms with Crippen LogP contribution in [0.2, 0.25) is 0 Å². The first-order valence-electron chi connectivity index (χ1n) is 13.7. The quantitative estimate of drug-likeness (QED) is 0.416. The molecule has 198 valence electrons. The number of rotatable bonds is 2. The number of allylic oxidation sites excluding steroid dienone is 1. The smallest absolute Gasteiger partial charge is 0.393 e. The third-order valence-electron chi connectivity index (χ3n) is 11.7. The van der Waals surface area contributed by atoms with Gasteiger partial charge < -0.3 is 14.6 Å². The molecular weight excluding hydrogens is 468 g/mol. The lowest BCUT2D eigenvalue weighted by Gasteiger charge is -2.60. The number of fused-ring (bicyclic) bond motifs is 7. The second kappa shape index (κ2) is 8.00. The molecule has 2 N–H and O–H groups in total. The molecule has 12 unspecified atom stereocenters. The van der Waals surface area contributed by atoms with Crippen LogP contribution in [0.15, 0.2) is 11.6 Å². The summed E-state index contributed by atoms with van der Waals surface area (Å²) in [5.74, 6) is 2.16. The lowest BCUT2D eigenvalue weighted by atomic mass is 9.46. The average Bonchev–Trinajstić information content (AvgIpc) is 3.21. The Morgan fingerprint density at radius 3 is 2.57 bits per heavy atom. The molecule has 0 aromatic carbocycles. The Balaban J connectivity index is 1.30. The van der Waals surface area contributed by atoms with Gasteiger partial charge in [0.2, 0.25) is 0 Å². The number of aliphatic hydroxyl groups excluding tert-OH is 1. The largest absolute Gasteiger partial charge is 0.397 e. The standard InChI is InChI=1S/C27H42O7S/c1-15-7-10-27(32-14-15)16(2)24-22(33-27)13-21-19-6-5-17-11-18(28)12-23(34-35(29,30)31)26(17,4)20(19)8-9-25(21,24)3/h5,15-16,18-24,28H,6-14H2,1-4H3,(H,29,30,31). The van der Waals surface area contributed by atoms with E-state index in [4.69, 9.17) is 13.7 Å². The maximum absolute atomic E-state index is 11.8. The predicted octanol–water partition coefficient (Wildman–Crippen LogP) is 4.51. The van der Waals surface area contributed by atoms with E-state index in [9.17, 15) is 18.1 Å². The molecule has 5 fully saturated rings. The minimum Gasteiger partial charge on any atom is -0.393 e. The Morgan fingerprint density at radius 1 is 1.11 bits per heavy atom. The van der Waals surface area contributed by atoms with Gasteiger partial charge in [0.1, 0.15) is 0 Å². The summed E-state index contributed by atoms with van der Waals surface area (Å²) in [4.78, 5) is 0. The molecule has 12 atom stereocenters. The first-order valence-corrected chi connectivity index (χ1v) is 15.1. The second-order valence-electron chi connectivity index (χ2n) is 13.2. The summed E-state index contributed by atoms with van der Waals surface area (Å²) >= 11 is 0. The number of hydrogen-bond donors (Lipinski definition) is 2. The van der Waals surface area contributed by atoms with E-state index >= 15 is 0 Å². The van der Waals surface area contributed by atoms with Crippen molar-refractivity contribution in [3.63, 3.8) is 0 Å². The topological polar surface area (TPSA) is 102 Å². The lowest BCUT2D eigenvalue weighted by Crippen LogP contribution is -2.57. The van der Waals surface area contributed by atoms with Crippen LogP contribution in [0.25, 0.3) is 0 Å². The van der Waals surface area contributed by atoms with E-state index in [1.165, 1.54) is 0 Å². The van der Waals surface area contributed by atoms with Gasteiger partial charge in [-0.1, -0.05) is 39.3 Å². The van der Waals surface area contributed by atoms with Gasteiger partial charge in [-0.2, -0.15) is 8.42 Å². The van der Waals surface area contributed by atoms with E-state index in [1.807, 2.05) is 0 Å². The van der Waals surface area contributed by atoms with E-state index in [0.29, 0.717) is 36.0 Å². The van der Waals surface area contributed by atoms with Gasteiger partial charge in [-0.3, -0.25) is 4.55 Å². The average molecular weight is 511 g/mol. The third kappa shape index (κ3) is 3.57. The van der Waals surface area contributed by atoms with Crippen LogP contribution < -0.4 is 0 Å². The Hall–Kier alpha value is -0.510. The van der Waals surface area contributed by atoms with E-state index in [2.05, 4.69) is 33.8 Å². The number of hydrogen-bond acceptors (Lipinski definition) is 6. The summed E-state index contributed by atoms with van der Waals surface area (Å²) in [6.45, 7) is 9.96. The molecule has 6 rings (SSSR count). The van der Waals surface area contributed by atoms with E-state index < -0.39 is 33.8 Å². The van der Waals surface area contributed by atoms with Gasteiger partial charge in [0.15, 0.2) is 5.79 Å². The molecule has 0 aromatic rings. The molecule has 2 heterocycles. The van der Waals surface area contributed by atoms with Crippen molar-refractivity contribution in [3.8, 4) is 0 Å². The third-order valence-corrected chi connectivity index (χ3v) is 12.1. The minimum absolute atomic E-state index is 0.163. The highest BCUT2D eigenvalue weighted by atomic mass is 32.3. The predicted molar refractivity (Wildman–Crippen MR) is 130 cm³/mol. The molecule has 7 nitrogen and oxygen atoms in total. The zero-order valence-electron chi connectivity index (χ0n) is 21.5. The molecule has 6 aliphatic rings. The molecule has 3 saturated carbocycles. The van der Waals surface area contributed by atoms with Crippen LogP contribution in [0.5, 0.6) is 0 Å². The van der Waals surface area contributed by atoms with Crippen LogP contribution in [0.1, 0.15) is 79.1 Å². The fourth-order valence-corrected chi connectivity index (χ4v) is 10.6. The van der Waals surface area contributed by atoms with Gasteiger partial charge in [-0.25, -0.2) is 4.18 Å². The van der Waals surface area contributed by atoms with E-state index in [-0.39, 0.29) is 23.9 Å². The zero-order chi connectivity index (χ0) is 25.0. The molecule has 0 amide bonds. The monoisotopic (exact) mass is 510 g/mol. The van der Waals surface area contributed by atoms with Gasteiger partial charge >= 0.3 is 10.4 Å². The highest BCUT2D eigenvalue weighted by Crippen LogP contribution is 2.70. The molecule has 0 radical (unpaired) electrons. The number of aliphatic hydroxyl groups is 1. The highest BCUT2D eigenvalue weighted by Gasteiger charge is 2.69. The van der Waals surface area contributed by atoms with Crippen LogP contribution in [0.3, 0.4) is 0 Å². The van der Waals surface area contributed by atoms with Crippen LogP contribution >= 0.6 is 0 Å². The molecule has 2 aliphatic heterocycles. The zero-order valence-corrected chi connectivity index (χ0v) is 22.3. The molecule has 35 heavy (non-hydrogen) atoms. The lowest BCUT2D eigenvalue weighted by molar-refractivity contribution is -0.272. The SMILES string of the molecule is CC1CCC2(OC1)OC1CC3C4CC=C5CC(O)CC(OS(=O)(=O)O)C5(C)C4CCC3(C)C1C2C.